The molecule has 2 rings (SSSR count). The minimum Gasteiger partial charge on any atom is -0.369 e. The molecule has 23 heavy (non-hydrogen) atoms. The Morgan fingerprint density at radius 2 is 1.35 bits per heavy atom. The fourth-order valence-corrected chi connectivity index (χ4v) is 1.98. The van der Waals surface area contributed by atoms with Crippen LogP contribution in [0.3, 0.4) is 0 Å². The van der Waals surface area contributed by atoms with Gasteiger partial charge >= 0.3 is 12.4 Å². The third-order valence-electron chi connectivity index (χ3n) is 3.18. The molecule has 2 aromatic rings. The topological polar surface area (TPSA) is 42.2 Å². The van der Waals surface area contributed by atoms with Crippen molar-refractivity contribution in [1.82, 2.24) is 4.57 Å². The van der Waals surface area contributed by atoms with Gasteiger partial charge in [-0.2, -0.15) is 26.3 Å². The number of halogens is 6. The van der Waals surface area contributed by atoms with E-state index in [-0.39, 0.29) is 5.69 Å². The highest BCUT2D eigenvalue weighted by Crippen LogP contribution is 2.49. The first-order chi connectivity index (χ1) is 10.5. The summed E-state index contributed by atoms with van der Waals surface area (Å²) in [5.74, 6) is 0. The van der Waals surface area contributed by atoms with Crippen LogP contribution in [0.2, 0.25) is 0 Å². The van der Waals surface area contributed by atoms with Gasteiger partial charge in [0.2, 0.25) is 0 Å². The predicted octanol–water partition coefficient (Wildman–Crippen LogP) is 3.15. The molecule has 0 aliphatic rings. The molecule has 9 heteroatoms. The minimum absolute atomic E-state index is 0.0612. The lowest BCUT2D eigenvalue weighted by molar-refractivity contribution is -0.376. The molecule has 0 unspecified atom stereocenters. The third-order valence-corrected chi connectivity index (χ3v) is 3.18. The number of aliphatic hydroxyl groups is 1. The van der Waals surface area contributed by atoms with Crippen molar-refractivity contribution < 1.29 is 31.4 Å². The zero-order valence-corrected chi connectivity index (χ0v) is 11.2. The molecular weight excluding hydrogens is 328 g/mol. The summed E-state index contributed by atoms with van der Waals surface area (Å²) in [5, 5.41) is 9.35. The van der Waals surface area contributed by atoms with Gasteiger partial charge in [0.25, 0.3) is 11.2 Å². The van der Waals surface area contributed by atoms with Crippen LogP contribution in [-0.2, 0) is 5.60 Å². The zero-order chi connectivity index (χ0) is 17.5. The van der Waals surface area contributed by atoms with Crippen molar-refractivity contribution in [3.05, 3.63) is 64.6 Å². The Morgan fingerprint density at radius 3 is 1.83 bits per heavy atom. The van der Waals surface area contributed by atoms with E-state index in [4.69, 9.17) is 0 Å². The highest BCUT2D eigenvalue weighted by molar-refractivity contribution is 5.34. The van der Waals surface area contributed by atoms with Gasteiger partial charge in [0.15, 0.2) is 0 Å². The molecule has 1 heterocycles. The van der Waals surface area contributed by atoms with Gasteiger partial charge in [-0.1, -0.05) is 18.2 Å². The second-order valence-corrected chi connectivity index (χ2v) is 4.67. The van der Waals surface area contributed by atoms with E-state index in [1.54, 1.807) is 6.07 Å². The lowest BCUT2D eigenvalue weighted by atomic mass is 9.93. The van der Waals surface area contributed by atoms with E-state index < -0.39 is 29.1 Å². The van der Waals surface area contributed by atoms with Crippen molar-refractivity contribution >= 4 is 0 Å². The summed E-state index contributed by atoms with van der Waals surface area (Å²) in [5.41, 5.74) is -7.36. The summed E-state index contributed by atoms with van der Waals surface area (Å²) in [6, 6.07) is 7.95. The Balaban J connectivity index is 2.71. The maximum Gasteiger partial charge on any atom is 0.430 e. The number of benzene rings is 1. The number of para-hydroxylation sites is 1. The molecule has 124 valence electrons. The molecule has 0 atom stereocenters. The van der Waals surface area contributed by atoms with Gasteiger partial charge in [-0.25, -0.2) is 0 Å². The number of pyridine rings is 1. The Bertz CT molecular complexity index is 734. The van der Waals surface area contributed by atoms with Crippen LogP contribution in [-0.4, -0.2) is 22.0 Å². The smallest absolute Gasteiger partial charge is 0.369 e. The molecule has 0 amide bonds. The van der Waals surface area contributed by atoms with Gasteiger partial charge in [0, 0.05) is 23.5 Å². The van der Waals surface area contributed by atoms with Crippen LogP contribution in [0, 0.1) is 0 Å². The Labute approximate surface area is 125 Å². The highest BCUT2D eigenvalue weighted by atomic mass is 19.4. The summed E-state index contributed by atoms with van der Waals surface area (Å²) in [6.07, 6.45) is -11.7. The number of hydrogen-bond donors (Lipinski definition) is 1. The van der Waals surface area contributed by atoms with Gasteiger partial charge in [-0.05, 0) is 18.2 Å². The summed E-state index contributed by atoms with van der Waals surface area (Å²) in [7, 11) is 0. The van der Waals surface area contributed by atoms with Gasteiger partial charge in [-0.15, -0.1) is 0 Å². The summed E-state index contributed by atoms with van der Waals surface area (Å²) < 4.78 is 77.8. The van der Waals surface area contributed by atoms with Crippen molar-refractivity contribution in [2.45, 2.75) is 18.0 Å². The molecule has 0 fully saturated rings. The third kappa shape index (κ3) is 2.83. The fraction of sp³-hybridized carbons (Fsp3) is 0.214. The van der Waals surface area contributed by atoms with E-state index in [9.17, 15) is 36.2 Å². The molecule has 0 spiro atoms. The molecule has 1 aromatic heterocycles. The lowest BCUT2D eigenvalue weighted by Crippen LogP contribution is -2.54. The zero-order valence-electron chi connectivity index (χ0n) is 11.2. The van der Waals surface area contributed by atoms with Crippen LogP contribution in [0.4, 0.5) is 26.3 Å². The monoisotopic (exact) mass is 337 g/mol. The number of aromatic nitrogens is 1. The quantitative estimate of drug-likeness (QED) is 0.856. The molecule has 1 N–H and O–H groups in total. The molecule has 0 aliphatic heterocycles. The van der Waals surface area contributed by atoms with E-state index in [2.05, 4.69) is 0 Å². The second kappa shape index (κ2) is 5.41. The number of rotatable bonds is 2. The van der Waals surface area contributed by atoms with E-state index >= 15 is 0 Å². The Kier molecular flexibility index (Phi) is 4.02. The average molecular weight is 337 g/mol. The van der Waals surface area contributed by atoms with Crippen LogP contribution in [0.15, 0.2) is 53.5 Å². The van der Waals surface area contributed by atoms with Crippen LogP contribution in [0.25, 0.3) is 5.69 Å². The normalized spacial score (nSPS) is 13.2. The van der Waals surface area contributed by atoms with E-state index in [1.165, 1.54) is 24.3 Å². The molecule has 0 saturated carbocycles. The van der Waals surface area contributed by atoms with Crippen molar-refractivity contribution in [3.8, 4) is 5.69 Å². The maximum atomic E-state index is 12.9. The van der Waals surface area contributed by atoms with Crippen molar-refractivity contribution in [3.63, 3.8) is 0 Å². The lowest BCUT2D eigenvalue weighted by Gasteiger charge is -2.32. The Hall–Kier alpha value is -2.29. The number of nitrogens with zero attached hydrogens (tertiary/aromatic N) is 1. The van der Waals surface area contributed by atoms with Crippen LogP contribution < -0.4 is 5.56 Å². The van der Waals surface area contributed by atoms with Crippen molar-refractivity contribution in [2.24, 2.45) is 0 Å². The standard InChI is InChI=1S/C14H9F6NO2/c15-13(16,17)12(23,14(18,19)20)9-6-7-11(22)21(8-9)10-4-2-1-3-5-10/h1-8,23H. The molecule has 1 aromatic carbocycles. The first kappa shape index (κ1) is 17.1. The SMILES string of the molecule is O=c1ccc(C(O)(C(F)(F)F)C(F)(F)F)cn1-c1ccccc1. The first-order valence-electron chi connectivity index (χ1n) is 6.13. The minimum atomic E-state index is -6.01. The molecule has 0 radical (unpaired) electrons. The second-order valence-electron chi connectivity index (χ2n) is 4.67. The van der Waals surface area contributed by atoms with Gasteiger partial charge in [-0.3, -0.25) is 9.36 Å². The first-order valence-corrected chi connectivity index (χ1v) is 6.13. The molecule has 3 nitrogen and oxygen atoms in total. The molecule has 0 aliphatic carbocycles. The predicted molar refractivity (Wildman–Crippen MR) is 68.0 cm³/mol. The van der Waals surface area contributed by atoms with Crippen LogP contribution in [0.5, 0.6) is 0 Å². The summed E-state index contributed by atoms with van der Waals surface area (Å²) in [4.78, 5) is 11.7. The summed E-state index contributed by atoms with van der Waals surface area (Å²) in [6.45, 7) is 0. The van der Waals surface area contributed by atoms with Gasteiger partial charge in [0.1, 0.15) is 0 Å². The van der Waals surface area contributed by atoms with Crippen LogP contribution in [0.1, 0.15) is 5.56 Å². The van der Waals surface area contributed by atoms with E-state index in [0.29, 0.717) is 22.9 Å². The van der Waals surface area contributed by atoms with E-state index in [1.807, 2.05) is 0 Å². The molecule has 0 saturated heterocycles. The van der Waals surface area contributed by atoms with Gasteiger partial charge < -0.3 is 5.11 Å². The van der Waals surface area contributed by atoms with Crippen molar-refractivity contribution in [2.75, 3.05) is 0 Å². The van der Waals surface area contributed by atoms with Crippen molar-refractivity contribution in [1.29, 1.82) is 0 Å². The molecular formula is C14H9F6NO2. The summed E-state index contributed by atoms with van der Waals surface area (Å²) >= 11 is 0. The fourth-order valence-electron chi connectivity index (χ4n) is 1.98. The van der Waals surface area contributed by atoms with E-state index in [0.717, 1.165) is 0 Å². The average Bonchev–Trinajstić information content (AvgIpc) is 2.45. The number of hydrogen-bond acceptors (Lipinski definition) is 2. The highest BCUT2D eigenvalue weighted by Gasteiger charge is 2.71. The van der Waals surface area contributed by atoms with Crippen LogP contribution >= 0.6 is 0 Å². The number of alkyl halides is 6. The maximum absolute atomic E-state index is 12.9. The van der Waals surface area contributed by atoms with Gasteiger partial charge in [0.05, 0.1) is 0 Å². The largest absolute Gasteiger partial charge is 0.430 e. The molecule has 0 bridgehead atoms. The Morgan fingerprint density at radius 1 is 0.826 bits per heavy atom.